The van der Waals surface area contributed by atoms with Gasteiger partial charge in [0.15, 0.2) is 15.4 Å². The van der Waals surface area contributed by atoms with Crippen LogP contribution in [0.1, 0.15) is 32.1 Å². The molecule has 0 unspecified atom stereocenters. The minimum atomic E-state index is -3.11. The molecule has 1 amide bonds. The van der Waals surface area contributed by atoms with Crippen molar-refractivity contribution in [1.82, 2.24) is 9.47 Å². The Balaban J connectivity index is 1.64. The van der Waals surface area contributed by atoms with Gasteiger partial charge in [-0.3, -0.25) is 9.36 Å². The molecule has 1 saturated carbocycles. The number of fused-ring (bicyclic) bond motifs is 1. The Hall–Kier alpha value is -1.80. The van der Waals surface area contributed by atoms with Crippen molar-refractivity contribution in [3.8, 4) is 0 Å². The number of carbonyl (C=O) groups excluding carboxylic acids is 1. The Kier molecular flexibility index (Phi) is 4.80. The first-order chi connectivity index (χ1) is 12.8. The second-order valence-electron chi connectivity index (χ2n) is 7.36. The Morgan fingerprint density at radius 1 is 1.22 bits per heavy atom. The zero-order valence-electron chi connectivity index (χ0n) is 14.8. The van der Waals surface area contributed by atoms with Crippen LogP contribution in [0.25, 0.3) is 11.1 Å². The van der Waals surface area contributed by atoms with Crippen LogP contribution in [0.3, 0.4) is 0 Å². The summed E-state index contributed by atoms with van der Waals surface area (Å²) in [5, 5.41) is 0.443. The lowest BCUT2D eigenvalue weighted by Gasteiger charge is -2.34. The van der Waals surface area contributed by atoms with Gasteiger partial charge in [-0.2, -0.15) is 0 Å². The SMILES string of the molecule is O=C(Cn1c(=O)oc2cc(Cl)ccc21)N(C1CCCC1)[C@@H]1CCS(=O)(=O)C1. The average Bonchev–Trinajstić information content (AvgIpc) is 3.29. The van der Waals surface area contributed by atoms with Crippen LogP contribution in [0, 0.1) is 0 Å². The second-order valence-corrected chi connectivity index (χ2v) is 10.0. The van der Waals surface area contributed by atoms with E-state index in [4.69, 9.17) is 16.0 Å². The first-order valence-electron chi connectivity index (χ1n) is 9.14. The van der Waals surface area contributed by atoms with Crippen LogP contribution >= 0.6 is 11.6 Å². The molecule has 4 rings (SSSR count). The highest BCUT2D eigenvalue weighted by Crippen LogP contribution is 2.29. The molecule has 0 spiro atoms. The van der Waals surface area contributed by atoms with E-state index in [0.29, 0.717) is 22.5 Å². The summed E-state index contributed by atoms with van der Waals surface area (Å²) >= 11 is 5.93. The van der Waals surface area contributed by atoms with Gasteiger partial charge in [0.05, 0.1) is 17.0 Å². The van der Waals surface area contributed by atoms with Gasteiger partial charge >= 0.3 is 5.76 Å². The molecule has 0 N–H and O–H groups in total. The van der Waals surface area contributed by atoms with Crippen LogP contribution in [-0.2, 0) is 21.2 Å². The van der Waals surface area contributed by atoms with Crippen molar-refractivity contribution >= 4 is 38.4 Å². The monoisotopic (exact) mass is 412 g/mol. The topological polar surface area (TPSA) is 89.6 Å². The van der Waals surface area contributed by atoms with E-state index in [9.17, 15) is 18.0 Å². The lowest BCUT2D eigenvalue weighted by molar-refractivity contribution is -0.136. The zero-order valence-corrected chi connectivity index (χ0v) is 16.3. The summed E-state index contributed by atoms with van der Waals surface area (Å²) in [4.78, 5) is 27.1. The van der Waals surface area contributed by atoms with Crippen LogP contribution in [0.4, 0.5) is 0 Å². The lowest BCUT2D eigenvalue weighted by Crippen LogP contribution is -2.48. The van der Waals surface area contributed by atoms with E-state index in [0.717, 1.165) is 25.7 Å². The summed E-state index contributed by atoms with van der Waals surface area (Å²) in [6, 6.07) is 4.55. The number of sulfone groups is 1. The molecule has 0 bridgehead atoms. The van der Waals surface area contributed by atoms with E-state index in [1.54, 1.807) is 17.0 Å². The third-order valence-electron chi connectivity index (χ3n) is 5.53. The quantitative estimate of drug-likeness (QED) is 0.767. The Morgan fingerprint density at radius 2 is 1.96 bits per heavy atom. The van der Waals surface area contributed by atoms with Crippen LogP contribution in [0.15, 0.2) is 27.4 Å². The van der Waals surface area contributed by atoms with Crippen molar-refractivity contribution in [2.45, 2.75) is 50.7 Å². The molecule has 2 aliphatic rings. The number of nitrogens with zero attached hydrogens (tertiary/aromatic N) is 2. The van der Waals surface area contributed by atoms with E-state index in [1.165, 1.54) is 10.6 Å². The zero-order chi connectivity index (χ0) is 19.2. The molecule has 27 heavy (non-hydrogen) atoms. The molecule has 7 nitrogen and oxygen atoms in total. The van der Waals surface area contributed by atoms with Crippen molar-refractivity contribution in [1.29, 1.82) is 0 Å². The van der Waals surface area contributed by atoms with Gasteiger partial charge in [-0.1, -0.05) is 24.4 Å². The second kappa shape index (κ2) is 6.98. The number of halogens is 1. The number of rotatable bonds is 4. The molecule has 0 radical (unpaired) electrons. The molecule has 1 aromatic carbocycles. The number of aromatic nitrogens is 1. The summed E-state index contributed by atoms with van der Waals surface area (Å²) in [6.07, 6.45) is 4.26. The maximum absolute atomic E-state index is 13.2. The maximum Gasteiger partial charge on any atom is 0.420 e. The van der Waals surface area contributed by atoms with Gasteiger partial charge in [0, 0.05) is 23.2 Å². The van der Waals surface area contributed by atoms with Gasteiger partial charge in [0.2, 0.25) is 5.91 Å². The first kappa shape index (κ1) is 18.6. The van der Waals surface area contributed by atoms with E-state index < -0.39 is 15.6 Å². The molecule has 1 saturated heterocycles. The minimum absolute atomic E-state index is 0.00583. The predicted molar refractivity (Wildman–Crippen MR) is 102 cm³/mol. The highest BCUT2D eigenvalue weighted by molar-refractivity contribution is 7.91. The van der Waals surface area contributed by atoms with E-state index in [1.807, 2.05) is 0 Å². The molecule has 9 heteroatoms. The summed E-state index contributed by atoms with van der Waals surface area (Å²) in [6.45, 7) is -0.166. The van der Waals surface area contributed by atoms with Gasteiger partial charge in [0.1, 0.15) is 6.54 Å². The molecule has 1 aromatic heterocycles. The van der Waals surface area contributed by atoms with Gasteiger partial charge < -0.3 is 9.32 Å². The van der Waals surface area contributed by atoms with E-state index >= 15 is 0 Å². The van der Waals surface area contributed by atoms with Gasteiger partial charge in [0.25, 0.3) is 0 Å². The molecular weight excluding hydrogens is 392 g/mol. The highest BCUT2D eigenvalue weighted by Gasteiger charge is 2.39. The van der Waals surface area contributed by atoms with E-state index in [2.05, 4.69) is 0 Å². The number of amides is 1. The van der Waals surface area contributed by atoms with Crippen molar-refractivity contribution in [3.05, 3.63) is 33.8 Å². The third kappa shape index (κ3) is 3.65. The van der Waals surface area contributed by atoms with Crippen molar-refractivity contribution in [2.75, 3.05) is 11.5 Å². The molecule has 2 aromatic rings. The largest absolute Gasteiger partial charge is 0.420 e. The number of oxazole rings is 1. The molecule has 2 heterocycles. The minimum Gasteiger partial charge on any atom is -0.408 e. The Morgan fingerprint density at radius 3 is 2.63 bits per heavy atom. The Bertz CT molecular complexity index is 1040. The smallest absolute Gasteiger partial charge is 0.408 e. The summed E-state index contributed by atoms with van der Waals surface area (Å²) in [5.74, 6) is -0.734. The summed E-state index contributed by atoms with van der Waals surface area (Å²) in [5.41, 5.74) is 0.833. The standard InChI is InChI=1S/C18H21ClN2O5S/c19-12-5-6-15-16(9-12)26-18(23)20(15)10-17(22)21(13-3-1-2-4-13)14-7-8-27(24,25)11-14/h5-6,9,13-14H,1-4,7-8,10-11H2/t14-/m1/s1. The lowest BCUT2D eigenvalue weighted by atomic mass is 10.1. The van der Waals surface area contributed by atoms with Gasteiger partial charge in [-0.05, 0) is 31.4 Å². The van der Waals surface area contributed by atoms with Crippen LogP contribution in [0.2, 0.25) is 5.02 Å². The van der Waals surface area contributed by atoms with E-state index in [-0.39, 0.29) is 36.0 Å². The number of hydrogen-bond donors (Lipinski definition) is 0. The third-order valence-corrected chi connectivity index (χ3v) is 7.52. The number of benzene rings is 1. The molecular formula is C18H21ClN2O5S. The Labute approximate surface area is 161 Å². The first-order valence-corrected chi connectivity index (χ1v) is 11.3. The van der Waals surface area contributed by atoms with Gasteiger partial charge in [-0.25, -0.2) is 13.2 Å². The maximum atomic E-state index is 13.2. The summed E-state index contributed by atoms with van der Waals surface area (Å²) < 4.78 is 30.4. The number of hydrogen-bond acceptors (Lipinski definition) is 5. The average molecular weight is 413 g/mol. The molecule has 1 aliphatic carbocycles. The highest BCUT2D eigenvalue weighted by atomic mass is 35.5. The molecule has 1 atom stereocenters. The van der Waals surface area contributed by atoms with Gasteiger partial charge in [-0.15, -0.1) is 0 Å². The molecule has 2 fully saturated rings. The molecule has 1 aliphatic heterocycles. The molecule has 146 valence electrons. The van der Waals surface area contributed by atoms with Crippen LogP contribution in [0.5, 0.6) is 0 Å². The normalized spacial score (nSPS) is 22.5. The fraction of sp³-hybridized carbons (Fsp3) is 0.556. The fourth-order valence-corrected chi connectivity index (χ4v) is 6.16. The van der Waals surface area contributed by atoms with Crippen LogP contribution in [-0.4, -0.2) is 47.4 Å². The van der Waals surface area contributed by atoms with Crippen molar-refractivity contribution in [2.24, 2.45) is 0 Å². The fourth-order valence-electron chi connectivity index (χ4n) is 4.29. The predicted octanol–water partition coefficient (Wildman–Crippen LogP) is 2.21. The van der Waals surface area contributed by atoms with Crippen molar-refractivity contribution < 1.29 is 17.6 Å². The summed E-state index contributed by atoms with van der Waals surface area (Å²) in [7, 11) is -3.11. The van der Waals surface area contributed by atoms with Crippen molar-refractivity contribution in [3.63, 3.8) is 0 Å². The van der Waals surface area contributed by atoms with Crippen LogP contribution < -0.4 is 5.76 Å². The number of carbonyl (C=O) groups is 1.